The first-order valence-electron chi connectivity index (χ1n) is 6.29. The maximum Gasteiger partial charge on any atom is 0.387 e. The van der Waals surface area contributed by atoms with Gasteiger partial charge in [0.05, 0.1) is 5.69 Å². The van der Waals surface area contributed by atoms with Crippen LogP contribution in [0.2, 0.25) is 0 Å². The van der Waals surface area contributed by atoms with Crippen LogP contribution < -0.4 is 15.4 Å². The lowest BCUT2D eigenvalue weighted by atomic mass is 10.1. The fourth-order valence-corrected chi connectivity index (χ4v) is 2.50. The summed E-state index contributed by atoms with van der Waals surface area (Å²) in [6.45, 7) is -1.51. The van der Waals surface area contributed by atoms with Crippen LogP contribution >= 0.6 is 0 Å². The van der Waals surface area contributed by atoms with Crippen LogP contribution in [0.5, 0.6) is 5.75 Å². The van der Waals surface area contributed by atoms with Gasteiger partial charge in [0, 0.05) is 18.8 Å². The standard InChI is InChI=1S/C15H14F2N2O/c16-15(17)20-14-4-2-1-3-13(14)19-8-10-5-6-12(18)7-11(10)9-19/h1-7,15H,8-9,18H2. The van der Waals surface area contributed by atoms with Gasteiger partial charge in [-0.25, -0.2) is 0 Å². The number of nitrogen functional groups attached to an aromatic ring is 1. The molecule has 2 N–H and O–H groups in total. The Balaban J connectivity index is 1.89. The lowest BCUT2D eigenvalue weighted by Crippen LogP contribution is -2.16. The monoisotopic (exact) mass is 276 g/mol. The van der Waals surface area contributed by atoms with Crippen LogP contribution in [-0.2, 0) is 13.1 Å². The van der Waals surface area contributed by atoms with Gasteiger partial charge in [0.15, 0.2) is 0 Å². The summed E-state index contributed by atoms with van der Waals surface area (Å²) in [7, 11) is 0. The van der Waals surface area contributed by atoms with Crippen molar-refractivity contribution < 1.29 is 13.5 Å². The molecule has 0 aromatic heterocycles. The minimum absolute atomic E-state index is 0.197. The Hall–Kier alpha value is -2.30. The molecule has 0 amide bonds. The van der Waals surface area contributed by atoms with Gasteiger partial charge in [-0.2, -0.15) is 8.78 Å². The molecule has 3 rings (SSSR count). The predicted octanol–water partition coefficient (Wildman–Crippen LogP) is 3.39. The number of nitrogens with zero attached hydrogens (tertiary/aromatic N) is 1. The molecule has 0 unspecified atom stereocenters. The van der Waals surface area contributed by atoms with Crippen molar-refractivity contribution in [2.24, 2.45) is 0 Å². The highest BCUT2D eigenvalue weighted by molar-refractivity contribution is 5.62. The largest absolute Gasteiger partial charge is 0.433 e. The third-order valence-corrected chi connectivity index (χ3v) is 3.37. The highest BCUT2D eigenvalue weighted by Gasteiger charge is 2.22. The van der Waals surface area contributed by atoms with Crippen molar-refractivity contribution in [2.45, 2.75) is 19.7 Å². The smallest absolute Gasteiger partial charge is 0.387 e. The third-order valence-electron chi connectivity index (χ3n) is 3.37. The van der Waals surface area contributed by atoms with Crippen LogP contribution in [0, 0.1) is 0 Å². The number of ether oxygens (including phenoxy) is 1. The van der Waals surface area contributed by atoms with Crippen LogP contribution in [0.1, 0.15) is 11.1 Å². The summed E-state index contributed by atoms with van der Waals surface area (Å²) in [4.78, 5) is 2.00. The molecule has 104 valence electrons. The van der Waals surface area contributed by atoms with E-state index in [0.29, 0.717) is 24.5 Å². The molecule has 3 nitrogen and oxygen atoms in total. The van der Waals surface area contributed by atoms with Crippen LogP contribution in [0.4, 0.5) is 20.2 Å². The van der Waals surface area contributed by atoms with Crippen molar-refractivity contribution in [3.63, 3.8) is 0 Å². The molecule has 0 aliphatic carbocycles. The van der Waals surface area contributed by atoms with Crippen molar-refractivity contribution in [3.8, 4) is 5.75 Å². The molecule has 0 fully saturated rings. The summed E-state index contributed by atoms with van der Waals surface area (Å²) < 4.78 is 29.5. The van der Waals surface area contributed by atoms with E-state index < -0.39 is 6.61 Å². The quantitative estimate of drug-likeness (QED) is 0.873. The van der Waals surface area contributed by atoms with Crippen molar-refractivity contribution in [2.75, 3.05) is 10.6 Å². The van der Waals surface area contributed by atoms with E-state index in [4.69, 9.17) is 5.73 Å². The molecular formula is C15H14F2N2O. The van der Waals surface area contributed by atoms with Gasteiger partial charge in [-0.3, -0.25) is 0 Å². The second-order valence-electron chi connectivity index (χ2n) is 4.73. The van der Waals surface area contributed by atoms with Gasteiger partial charge in [-0.15, -0.1) is 0 Å². The van der Waals surface area contributed by atoms with Crippen molar-refractivity contribution in [3.05, 3.63) is 53.6 Å². The Bertz CT molecular complexity index is 631. The normalized spacial score (nSPS) is 13.7. The minimum atomic E-state index is -2.82. The molecule has 20 heavy (non-hydrogen) atoms. The molecule has 5 heteroatoms. The zero-order chi connectivity index (χ0) is 14.1. The van der Waals surface area contributed by atoms with Crippen molar-refractivity contribution >= 4 is 11.4 Å². The van der Waals surface area contributed by atoms with Crippen LogP contribution in [0.3, 0.4) is 0 Å². The average Bonchev–Trinajstić information content (AvgIpc) is 2.81. The molecule has 2 aromatic carbocycles. The molecule has 1 heterocycles. The molecule has 1 aliphatic heterocycles. The molecular weight excluding hydrogens is 262 g/mol. The predicted molar refractivity (Wildman–Crippen MR) is 73.8 cm³/mol. The Morgan fingerprint density at radius 3 is 2.60 bits per heavy atom. The Morgan fingerprint density at radius 2 is 1.80 bits per heavy atom. The number of alkyl halides is 2. The molecule has 0 atom stereocenters. The van der Waals surface area contributed by atoms with Gasteiger partial charge in [0.25, 0.3) is 0 Å². The average molecular weight is 276 g/mol. The lowest BCUT2D eigenvalue weighted by molar-refractivity contribution is -0.0495. The molecule has 0 saturated heterocycles. The van der Waals surface area contributed by atoms with E-state index in [1.807, 2.05) is 29.2 Å². The maximum absolute atomic E-state index is 12.4. The van der Waals surface area contributed by atoms with Crippen LogP contribution in [0.15, 0.2) is 42.5 Å². The van der Waals surface area contributed by atoms with Gasteiger partial charge in [0.1, 0.15) is 5.75 Å². The first kappa shape index (κ1) is 12.7. The fraction of sp³-hybridized carbons (Fsp3) is 0.200. The Kier molecular flexibility index (Phi) is 3.18. The third kappa shape index (κ3) is 2.39. The molecule has 2 aromatic rings. The van der Waals surface area contributed by atoms with Crippen molar-refractivity contribution in [1.82, 2.24) is 0 Å². The number of hydrogen-bond acceptors (Lipinski definition) is 3. The Morgan fingerprint density at radius 1 is 1.05 bits per heavy atom. The lowest BCUT2D eigenvalue weighted by Gasteiger charge is -2.21. The van der Waals surface area contributed by atoms with E-state index in [-0.39, 0.29) is 5.75 Å². The summed E-state index contributed by atoms with van der Waals surface area (Å²) >= 11 is 0. The number of anilines is 2. The van der Waals surface area contributed by atoms with Crippen LogP contribution in [-0.4, -0.2) is 6.61 Å². The zero-order valence-corrected chi connectivity index (χ0v) is 10.7. The molecule has 1 aliphatic rings. The highest BCUT2D eigenvalue weighted by Crippen LogP contribution is 2.35. The highest BCUT2D eigenvalue weighted by atomic mass is 19.3. The summed E-state index contributed by atoms with van der Waals surface area (Å²) in [5, 5.41) is 0. The van der Waals surface area contributed by atoms with E-state index in [9.17, 15) is 8.78 Å². The van der Waals surface area contributed by atoms with Gasteiger partial charge in [-0.1, -0.05) is 18.2 Å². The van der Waals surface area contributed by atoms with E-state index in [1.165, 1.54) is 0 Å². The van der Waals surface area contributed by atoms with Gasteiger partial charge in [-0.05, 0) is 35.4 Å². The molecule has 0 radical (unpaired) electrons. The summed E-state index contributed by atoms with van der Waals surface area (Å²) in [5.74, 6) is 0.197. The molecule has 0 saturated carbocycles. The number of halogens is 2. The van der Waals surface area contributed by atoms with Gasteiger partial charge in [0.2, 0.25) is 0 Å². The van der Waals surface area contributed by atoms with E-state index in [2.05, 4.69) is 4.74 Å². The number of hydrogen-bond donors (Lipinski definition) is 1. The number of fused-ring (bicyclic) bond motifs is 1. The van der Waals surface area contributed by atoms with E-state index >= 15 is 0 Å². The Labute approximate surface area is 115 Å². The van der Waals surface area contributed by atoms with E-state index in [0.717, 1.165) is 11.1 Å². The first-order chi connectivity index (χ1) is 9.63. The second kappa shape index (κ2) is 5.00. The fourth-order valence-electron chi connectivity index (χ4n) is 2.50. The molecule has 0 bridgehead atoms. The second-order valence-corrected chi connectivity index (χ2v) is 4.73. The number of rotatable bonds is 3. The number of benzene rings is 2. The minimum Gasteiger partial charge on any atom is -0.433 e. The summed E-state index contributed by atoms with van der Waals surface area (Å²) in [6.07, 6.45) is 0. The topological polar surface area (TPSA) is 38.5 Å². The SMILES string of the molecule is Nc1ccc2c(c1)CN(c1ccccc1OC(F)F)C2. The zero-order valence-electron chi connectivity index (χ0n) is 10.7. The number of nitrogens with two attached hydrogens (primary N) is 1. The van der Waals surface area contributed by atoms with Gasteiger partial charge >= 0.3 is 6.61 Å². The maximum atomic E-state index is 12.4. The first-order valence-corrected chi connectivity index (χ1v) is 6.29. The number of para-hydroxylation sites is 2. The summed E-state index contributed by atoms with van der Waals surface area (Å²) in [5.41, 5.74) is 9.43. The van der Waals surface area contributed by atoms with Crippen LogP contribution in [0.25, 0.3) is 0 Å². The molecule has 0 spiro atoms. The van der Waals surface area contributed by atoms with Gasteiger partial charge < -0.3 is 15.4 Å². The van der Waals surface area contributed by atoms with Crippen molar-refractivity contribution in [1.29, 1.82) is 0 Å². The summed E-state index contributed by atoms with van der Waals surface area (Å²) in [6, 6.07) is 12.6. The van der Waals surface area contributed by atoms with E-state index in [1.54, 1.807) is 18.2 Å².